The van der Waals surface area contributed by atoms with Crippen molar-refractivity contribution in [2.45, 2.75) is 62.3 Å². The summed E-state index contributed by atoms with van der Waals surface area (Å²) >= 11 is 0. The molecule has 0 fully saturated rings. The molecule has 0 unspecified atom stereocenters. The Labute approximate surface area is 211 Å². The third-order valence-electron chi connectivity index (χ3n) is 5.06. The fourth-order valence-electron chi connectivity index (χ4n) is 3.01. The molecule has 3 rings (SSSR count). The summed E-state index contributed by atoms with van der Waals surface area (Å²) in [6, 6.07) is 14.5. The molecule has 1 radical (unpaired) electrons. The number of carbonyl (C=O) groups excluding carboxylic acids is 1. The Hall–Kier alpha value is -2.36. The second-order valence-electron chi connectivity index (χ2n) is 10.4. The number of carbonyl (C=O) groups is 1. The van der Waals surface area contributed by atoms with Crippen LogP contribution >= 0.6 is 0 Å². The molecule has 0 amide bonds. The molecule has 3 aromatic rings. The van der Waals surface area contributed by atoms with Gasteiger partial charge in [-0.05, 0) is 56.2 Å². The van der Waals surface area contributed by atoms with Crippen LogP contribution in [0.4, 0.5) is 0 Å². The fourth-order valence-corrected chi connectivity index (χ4v) is 3.01. The molecule has 0 atom stereocenters. The molecule has 2 aromatic heterocycles. The van der Waals surface area contributed by atoms with Gasteiger partial charge in [-0.25, -0.2) is 4.98 Å². The number of benzene rings is 1. The number of aliphatic hydroxyl groups excluding tert-OH is 1. The number of fused-ring (bicyclic) bond motifs is 1. The Balaban J connectivity index is 0.000000346. The summed E-state index contributed by atoms with van der Waals surface area (Å²) in [5, 5.41) is 10.8. The van der Waals surface area contributed by atoms with E-state index in [0.29, 0.717) is 0 Å². The maximum Gasteiger partial charge on any atom is 0.164 e. The molecule has 2 heterocycles. The number of rotatable bonds is 2. The van der Waals surface area contributed by atoms with Crippen LogP contribution in [0.1, 0.15) is 58.4 Å². The maximum atomic E-state index is 11.5. The smallest absolute Gasteiger partial charge is 0.164 e. The molecule has 179 valence electrons. The van der Waals surface area contributed by atoms with Gasteiger partial charge in [0.05, 0.1) is 16.9 Å². The van der Waals surface area contributed by atoms with Crippen LogP contribution in [-0.4, -0.2) is 20.9 Å². The van der Waals surface area contributed by atoms with Crippen LogP contribution in [0.2, 0.25) is 0 Å². The molecule has 1 N–H and O–H groups in total. The molecule has 5 heteroatoms. The van der Waals surface area contributed by atoms with Gasteiger partial charge in [-0.3, -0.25) is 9.78 Å². The Kier molecular flexibility index (Phi) is 9.71. The summed E-state index contributed by atoms with van der Waals surface area (Å²) in [6.07, 6.45) is 1.33. The molecule has 0 aliphatic carbocycles. The van der Waals surface area contributed by atoms with Gasteiger partial charge in [-0.1, -0.05) is 59.7 Å². The number of aryl methyl sites for hydroxylation is 3. The standard InChI is InChI=1S/C17H16N2.C11H20O2.Ir/c1-11-8-13(3)18-16(9-11)17-10-12(2)14-6-4-5-7-15(14)19-17;1-10(2,3)8(12)7-9(13)11(4,5)6;/h4-10H,1-3H3;7,12H,1-6H3;/b;8-7-;. The zero-order valence-corrected chi connectivity index (χ0v) is 23.6. The van der Waals surface area contributed by atoms with Gasteiger partial charge < -0.3 is 5.11 Å². The molecule has 4 nitrogen and oxygen atoms in total. The van der Waals surface area contributed by atoms with Crippen molar-refractivity contribution in [1.82, 2.24) is 9.97 Å². The normalized spacial score (nSPS) is 12.0. The summed E-state index contributed by atoms with van der Waals surface area (Å²) in [6.45, 7) is 17.3. The Bertz CT molecular complexity index is 1130. The van der Waals surface area contributed by atoms with E-state index in [2.05, 4.69) is 49.2 Å². The van der Waals surface area contributed by atoms with Gasteiger partial charge in [0.15, 0.2) is 5.78 Å². The maximum absolute atomic E-state index is 11.5. The van der Waals surface area contributed by atoms with Crippen molar-refractivity contribution in [3.05, 3.63) is 71.1 Å². The minimum absolute atomic E-state index is 0. The number of pyridine rings is 2. The van der Waals surface area contributed by atoms with E-state index < -0.39 is 5.41 Å². The molecule has 0 aliphatic rings. The van der Waals surface area contributed by atoms with Crippen molar-refractivity contribution >= 4 is 16.7 Å². The Morgan fingerprint density at radius 1 is 0.848 bits per heavy atom. The van der Waals surface area contributed by atoms with Crippen LogP contribution in [0.3, 0.4) is 0 Å². The average Bonchev–Trinajstić information content (AvgIpc) is 2.66. The largest absolute Gasteiger partial charge is 0.512 e. The summed E-state index contributed by atoms with van der Waals surface area (Å²) in [7, 11) is 0. The van der Waals surface area contributed by atoms with Crippen molar-refractivity contribution in [3.8, 4) is 11.4 Å². The summed E-state index contributed by atoms with van der Waals surface area (Å²) in [4.78, 5) is 20.8. The zero-order chi connectivity index (χ0) is 24.3. The SMILES string of the molecule is CC(C)(C)C(=O)/C=C(\O)C(C)(C)C.Cc1cc(C)nc(-c2cc(C)c3ccccc3n2)c1.[Ir]. The van der Waals surface area contributed by atoms with E-state index in [9.17, 15) is 9.90 Å². The third kappa shape index (κ3) is 8.17. The van der Waals surface area contributed by atoms with Crippen molar-refractivity contribution < 1.29 is 30.0 Å². The van der Waals surface area contributed by atoms with Crippen LogP contribution in [0.25, 0.3) is 22.3 Å². The number of aliphatic hydroxyl groups is 1. The molecule has 1 aromatic carbocycles. The van der Waals surface area contributed by atoms with Crippen LogP contribution in [-0.2, 0) is 24.9 Å². The first-order valence-corrected chi connectivity index (χ1v) is 11.0. The average molecular weight is 625 g/mol. The predicted octanol–water partition coefficient (Wildman–Crippen LogP) is 7.31. The van der Waals surface area contributed by atoms with Crippen molar-refractivity contribution in [2.24, 2.45) is 10.8 Å². The molecular formula is C28H36IrN2O2. The predicted molar refractivity (Wildman–Crippen MR) is 134 cm³/mol. The van der Waals surface area contributed by atoms with Gasteiger partial charge in [-0.2, -0.15) is 0 Å². The van der Waals surface area contributed by atoms with E-state index in [4.69, 9.17) is 4.98 Å². The van der Waals surface area contributed by atoms with Gasteiger partial charge in [0.25, 0.3) is 0 Å². The first-order valence-electron chi connectivity index (χ1n) is 11.0. The second kappa shape index (κ2) is 11.2. The van der Waals surface area contributed by atoms with Crippen molar-refractivity contribution in [2.75, 3.05) is 0 Å². The number of hydrogen-bond donors (Lipinski definition) is 1. The number of hydrogen-bond acceptors (Lipinski definition) is 4. The number of ketones is 1. The third-order valence-corrected chi connectivity index (χ3v) is 5.06. The van der Waals surface area contributed by atoms with E-state index in [1.165, 1.54) is 22.6 Å². The van der Waals surface area contributed by atoms with Crippen molar-refractivity contribution in [3.63, 3.8) is 0 Å². The summed E-state index contributed by atoms with van der Waals surface area (Å²) < 4.78 is 0. The van der Waals surface area contributed by atoms with Gasteiger partial charge in [0, 0.05) is 48.1 Å². The van der Waals surface area contributed by atoms with Crippen molar-refractivity contribution in [1.29, 1.82) is 0 Å². The molecule has 33 heavy (non-hydrogen) atoms. The molecule has 0 saturated carbocycles. The summed E-state index contributed by atoms with van der Waals surface area (Å²) in [5.41, 5.74) is 5.65. The minimum Gasteiger partial charge on any atom is -0.512 e. The van der Waals surface area contributed by atoms with Crippen LogP contribution in [0.5, 0.6) is 0 Å². The molecule has 0 bridgehead atoms. The van der Waals surface area contributed by atoms with E-state index in [1.807, 2.05) is 60.6 Å². The second-order valence-corrected chi connectivity index (χ2v) is 10.4. The zero-order valence-electron chi connectivity index (χ0n) is 21.2. The van der Waals surface area contributed by atoms with E-state index >= 15 is 0 Å². The van der Waals surface area contributed by atoms with Gasteiger partial charge in [0.1, 0.15) is 5.76 Å². The Morgan fingerprint density at radius 2 is 1.42 bits per heavy atom. The molecule has 0 spiro atoms. The molecule has 0 aliphatic heterocycles. The number of nitrogens with zero attached hydrogens (tertiary/aromatic N) is 2. The first-order chi connectivity index (χ1) is 14.7. The van der Waals surface area contributed by atoms with Crippen LogP contribution < -0.4 is 0 Å². The van der Waals surface area contributed by atoms with E-state index in [0.717, 1.165) is 22.6 Å². The minimum atomic E-state index is -0.417. The summed E-state index contributed by atoms with van der Waals surface area (Å²) in [5.74, 6) is 0.104. The first kappa shape index (κ1) is 28.7. The van der Waals surface area contributed by atoms with Gasteiger partial charge in [0.2, 0.25) is 0 Å². The van der Waals surface area contributed by atoms with Gasteiger partial charge in [-0.15, -0.1) is 0 Å². The fraction of sp³-hybridized carbons (Fsp3) is 0.393. The van der Waals surface area contributed by atoms with Crippen LogP contribution in [0, 0.1) is 31.6 Å². The monoisotopic (exact) mass is 625 g/mol. The quantitative estimate of drug-likeness (QED) is 0.240. The molecule has 0 saturated heterocycles. The van der Waals surface area contributed by atoms with Crippen LogP contribution in [0.15, 0.2) is 54.3 Å². The topological polar surface area (TPSA) is 63.1 Å². The van der Waals surface area contributed by atoms with E-state index in [-0.39, 0.29) is 37.1 Å². The number of allylic oxidation sites excluding steroid dienone is 2. The van der Waals surface area contributed by atoms with E-state index in [1.54, 1.807) is 0 Å². The number of para-hydroxylation sites is 1. The van der Waals surface area contributed by atoms with Gasteiger partial charge >= 0.3 is 0 Å². The molecular weight excluding hydrogens is 589 g/mol. The number of aromatic nitrogens is 2. The Morgan fingerprint density at radius 3 is 1.97 bits per heavy atom.